The van der Waals surface area contributed by atoms with E-state index in [1.165, 1.54) is 37.9 Å². The first kappa shape index (κ1) is 19.2. The van der Waals surface area contributed by atoms with Crippen molar-refractivity contribution in [2.24, 2.45) is 0 Å². The van der Waals surface area contributed by atoms with Gasteiger partial charge < -0.3 is 9.80 Å². The Morgan fingerprint density at radius 2 is 1.71 bits per heavy atom. The van der Waals surface area contributed by atoms with Gasteiger partial charge in [0.15, 0.2) is 0 Å². The number of carbonyl (C=O) groups excluding carboxylic acids is 1. The van der Waals surface area contributed by atoms with E-state index in [1.807, 2.05) is 24.4 Å². The molecule has 0 spiro atoms. The summed E-state index contributed by atoms with van der Waals surface area (Å²) in [6, 6.07) is 10.3. The van der Waals surface area contributed by atoms with Gasteiger partial charge in [-0.05, 0) is 31.5 Å². The van der Waals surface area contributed by atoms with Crippen LogP contribution in [0.1, 0.15) is 31.2 Å². The number of hydrogen-bond acceptors (Lipinski definition) is 4. The Labute approximate surface area is 167 Å². The number of aromatic amines is 1. The Hall–Kier alpha value is -2.18. The van der Waals surface area contributed by atoms with Crippen LogP contribution in [0.2, 0.25) is 0 Å². The number of aromatic nitrogens is 2. The molecular weight excluding hydrogens is 350 g/mol. The van der Waals surface area contributed by atoms with Gasteiger partial charge in [0.1, 0.15) is 0 Å². The lowest BCUT2D eigenvalue weighted by atomic mass is 10.1. The molecule has 6 nitrogen and oxygen atoms in total. The van der Waals surface area contributed by atoms with Crippen LogP contribution in [0.15, 0.2) is 36.5 Å². The maximum Gasteiger partial charge on any atom is 0.223 e. The second-order valence-electron chi connectivity index (χ2n) is 7.95. The summed E-state index contributed by atoms with van der Waals surface area (Å²) in [7, 11) is 0. The van der Waals surface area contributed by atoms with Gasteiger partial charge in [0.25, 0.3) is 0 Å². The van der Waals surface area contributed by atoms with Gasteiger partial charge in [-0.15, -0.1) is 0 Å². The zero-order valence-electron chi connectivity index (χ0n) is 16.6. The maximum atomic E-state index is 12.6. The Kier molecular flexibility index (Phi) is 6.39. The molecule has 4 rings (SSSR count). The molecule has 28 heavy (non-hydrogen) atoms. The van der Waals surface area contributed by atoms with Crippen LogP contribution in [0.5, 0.6) is 0 Å². The second kappa shape index (κ2) is 9.34. The van der Waals surface area contributed by atoms with E-state index in [4.69, 9.17) is 0 Å². The van der Waals surface area contributed by atoms with Crippen LogP contribution in [0.25, 0.3) is 11.3 Å². The molecule has 0 unspecified atom stereocenters. The summed E-state index contributed by atoms with van der Waals surface area (Å²) < 4.78 is 0. The first-order valence-corrected chi connectivity index (χ1v) is 10.6. The minimum absolute atomic E-state index is 0.301. The summed E-state index contributed by atoms with van der Waals surface area (Å²) in [5.41, 5.74) is 3.43. The lowest BCUT2D eigenvalue weighted by Gasteiger charge is -2.29. The smallest absolute Gasteiger partial charge is 0.223 e. The highest BCUT2D eigenvalue weighted by Crippen LogP contribution is 2.22. The van der Waals surface area contributed by atoms with Crippen LogP contribution in [-0.4, -0.2) is 76.6 Å². The van der Waals surface area contributed by atoms with Crippen molar-refractivity contribution in [1.82, 2.24) is 24.9 Å². The minimum atomic E-state index is 0.301. The molecule has 2 saturated heterocycles. The fraction of sp³-hybridized carbons (Fsp3) is 0.545. The number of carbonyl (C=O) groups is 1. The van der Waals surface area contributed by atoms with Gasteiger partial charge in [-0.3, -0.25) is 14.8 Å². The minimum Gasteiger partial charge on any atom is -0.340 e. The van der Waals surface area contributed by atoms with Crippen LogP contribution in [0.3, 0.4) is 0 Å². The van der Waals surface area contributed by atoms with Crippen molar-refractivity contribution in [3.8, 4) is 11.3 Å². The predicted octanol–water partition coefficient (Wildman–Crippen LogP) is 2.60. The molecule has 1 aromatic carbocycles. The number of piperidine rings is 1. The molecule has 1 N–H and O–H groups in total. The van der Waals surface area contributed by atoms with Gasteiger partial charge in [0.2, 0.25) is 5.91 Å². The molecule has 2 aliphatic rings. The Bertz CT molecular complexity index is 753. The van der Waals surface area contributed by atoms with E-state index in [2.05, 4.69) is 37.0 Å². The quantitative estimate of drug-likeness (QED) is 0.836. The monoisotopic (exact) mass is 381 g/mol. The molecule has 6 heteroatoms. The molecule has 1 aromatic heterocycles. The number of amides is 1. The molecule has 0 aliphatic carbocycles. The van der Waals surface area contributed by atoms with Crippen molar-refractivity contribution < 1.29 is 4.79 Å². The van der Waals surface area contributed by atoms with Crippen molar-refractivity contribution in [3.63, 3.8) is 0 Å². The number of benzene rings is 1. The Morgan fingerprint density at radius 1 is 0.893 bits per heavy atom. The van der Waals surface area contributed by atoms with Gasteiger partial charge in [0, 0.05) is 51.3 Å². The molecule has 2 fully saturated rings. The first-order valence-electron chi connectivity index (χ1n) is 10.6. The Morgan fingerprint density at radius 3 is 2.54 bits per heavy atom. The van der Waals surface area contributed by atoms with E-state index in [0.29, 0.717) is 12.3 Å². The summed E-state index contributed by atoms with van der Waals surface area (Å²) in [5, 5.41) is 7.41. The van der Waals surface area contributed by atoms with Crippen molar-refractivity contribution in [2.45, 2.75) is 32.2 Å². The fourth-order valence-electron chi connectivity index (χ4n) is 4.28. The summed E-state index contributed by atoms with van der Waals surface area (Å²) in [4.78, 5) is 19.6. The van der Waals surface area contributed by atoms with Crippen molar-refractivity contribution >= 4 is 5.91 Å². The molecule has 0 bridgehead atoms. The molecule has 2 aliphatic heterocycles. The van der Waals surface area contributed by atoms with E-state index in [1.54, 1.807) is 0 Å². The Balaban J connectivity index is 1.33. The molecule has 0 saturated carbocycles. The van der Waals surface area contributed by atoms with Gasteiger partial charge in [-0.25, -0.2) is 0 Å². The molecular formula is C22H31N5O. The molecule has 0 atom stereocenters. The number of hydrogen-bond donors (Lipinski definition) is 1. The van der Waals surface area contributed by atoms with Crippen LogP contribution in [0, 0.1) is 0 Å². The summed E-state index contributed by atoms with van der Waals surface area (Å²) in [5.74, 6) is 0.301. The standard InChI is InChI=1S/C22H31N5O/c28-21-9-12-26(14-16-27(21)15-13-25-10-5-2-6-11-25)18-20-17-23-24-22(20)19-7-3-1-4-8-19/h1,3-4,7-8,17H,2,5-6,9-16,18H2,(H,23,24). The maximum absolute atomic E-state index is 12.6. The third-order valence-electron chi connectivity index (χ3n) is 5.99. The molecule has 0 radical (unpaired) electrons. The van der Waals surface area contributed by atoms with Gasteiger partial charge in [-0.1, -0.05) is 36.8 Å². The molecule has 1 amide bonds. The van der Waals surface area contributed by atoms with Crippen molar-refractivity contribution in [3.05, 3.63) is 42.1 Å². The van der Waals surface area contributed by atoms with E-state index in [-0.39, 0.29) is 0 Å². The van der Waals surface area contributed by atoms with Crippen LogP contribution >= 0.6 is 0 Å². The van der Waals surface area contributed by atoms with E-state index < -0.39 is 0 Å². The average molecular weight is 382 g/mol. The van der Waals surface area contributed by atoms with E-state index in [9.17, 15) is 4.79 Å². The van der Waals surface area contributed by atoms with Crippen LogP contribution in [0.4, 0.5) is 0 Å². The predicted molar refractivity (Wildman–Crippen MR) is 111 cm³/mol. The van der Waals surface area contributed by atoms with Gasteiger partial charge >= 0.3 is 0 Å². The zero-order chi connectivity index (χ0) is 19.2. The van der Waals surface area contributed by atoms with Gasteiger partial charge in [0.05, 0.1) is 11.9 Å². The SMILES string of the molecule is O=C1CCN(Cc2cn[nH]c2-c2ccccc2)CCN1CCN1CCCCC1. The highest BCUT2D eigenvalue weighted by molar-refractivity contribution is 5.76. The number of rotatable bonds is 6. The van der Waals surface area contributed by atoms with Crippen molar-refractivity contribution in [2.75, 3.05) is 45.8 Å². The second-order valence-corrected chi connectivity index (χ2v) is 7.95. The number of likely N-dealkylation sites (tertiary alicyclic amines) is 1. The van der Waals surface area contributed by atoms with E-state index in [0.717, 1.165) is 50.5 Å². The zero-order valence-corrected chi connectivity index (χ0v) is 16.6. The number of nitrogens with one attached hydrogen (secondary N) is 1. The topological polar surface area (TPSA) is 55.5 Å². The van der Waals surface area contributed by atoms with Crippen molar-refractivity contribution in [1.29, 1.82) is 0 Å². The highest BCUT2D eigenvalue weighted by atomic mass is 16.2. The number of H-pyrrole nitrogens is 1. The summed E-state index contributed by atoms with van der Waals surface area (Å²) in [6.07, 6.45) is 6.49. The van der Waals surface area contributed by atoms with Crippen LogP contribution < -0.4 is 0 Å². The van der Waals surface area contributed by atoms with E-state index >= 15 is 0 Å². The normalized spacial score (nSPS) is 19.7. The summed E-state index contributed by atoms with van der Waals surface area (Å²) >= 11 is 0. The highest BCUT2D eigenvalue weighted by Gasteiger charge is 2.22. The fourth-order valence-corrected chi connectivity index (χ4v) is 4.28. The third kappa shape index (κ3) is 4.80. The largest absolute Gasteiger partial charge is 0.340 e. The average Bonchev–Trinajstić information content (AvgIpc) is 3.13. The lowest BCUT2D eigenvalue weighted by Crippen LogP contribution is -2.41. The van der Waals surface area contributed by atoms with Gasteiger partial charge in [-0.2, -0.15) is 5.10 Å². The molecule has 3 heterocycles. The lowest BCUT2D eigenvalue weighted by molar-refractivity contribution is -0.130. The third-order valence-corrected chi connectivity index (χ3v) is 5.99. The summed E-state index contributed by atoms with van der Waals surface area (Å²) in [6.45, 7) is 7.66. The molecule has 2 aromatic rings. The first-order chi connectivity index (χ1) is 13.8. The van der Waals surface area contributed by atoms with Crippen LogP contribution in [-0.2, 0) is 11.3 Å². The number of nitrogens with zero attached hydrogens (tertiary/aromatic N) is 4. The molecule has 150 valence electrons.